The highest BCUT2D eigenvalue weighted by Gasteiger charge is 2.30. The van der Waals surface area contributed by atoms with E-state index in [1.54, 1.807) is 12.1 Å². The molecule has 1 aliphatic heterocycles. The Labute approximate surface area is 205 Å². The smallest absolute Gasteiger partial charge is 0.258 e. The van der Waals surface area contributed by atoms with E-state index < -0.39 is 6.04 Å². The average molecular weight is 476 g/mol. The molecule has 0 aliphatic carbocycles. The summed E-state index contributed by atoms with van der Waals surface area (Å²) in [5, 5.41) is 3.56. The number of rotatable bonds is 7. The van der Waals surface area contributed by atoms with E-state index in [1.165, 1.54) is 0 Å². The van der Waals surface area contributed by atoms with Gasteiger partial charge < -0.3 is 15.2 Å². The highest BCUT2D eigenvalue weighted by Crippen LogP contribution is 2.14. The van der Waals surface area contributed by atoms with Crippen molar-refractivity contribution < 1.29 is 9.59 Å². The zero-order chi connectivity index (χ0) is 24.9. The molecule has 4 rings (SSSR count). The molecule has 35 heavy (non-hydrogen) atoms. The monoisotopic (exact) mass is 475 g/mol. The summed E-state index contributed by atoms with van der Waals surface area (Å²) in [5.41, 5.74) is 2.02. The quantitative estimate of drug-likeness (QED) is 0.548. The Morgan fingerprint density at radius 3 is 2.43 bits per heavy atom. The predicted molar refractivity (Wildman–Crippen MR) is 136 cm³/mol. The first kappa shape index (κ1) is 24.6. The van der Waals surface area contributed by atoms with Gasteiger partial charge >= 0.3 is 0 Å². The van der Waals surface area contributed by atoms with Crippen LogP contribution in [0.1, 0.15) is 42.0 Å². The lowest BCUT2D eigenvalue weighted by Gasteiger charge is -2.36. The Hall–Kier alpha value is -3.52. The van der Waals surface area contributed by atoms with Crippen LogP contribution < -0.4 is 10.9 Å². The summed E-state index contributed by atoms with van der Waals surface area (Å²) in [7, 11) is 0. The highest BCUT2D eigenvalue weighted by atomic mass is 16.2. The average Bonchev–Trinajstić information content (AvgIpc) is 2.83. The summed E-state index contributed by atoms with van der Waals surface area (Å²) < 4.78 is 0. The van der Waals surface area contributed by atoms with Crippen LogP contribution in [0, 0.1) is 12.8 Å². The second-order valence-electron chi connectivity index (χ2n) is 9.60. The number of carbonyl (C=O) groups excluding carboxylic acids is 2. The van der Waals surface area contributed by atoms with E-state index in [1.807, 2.05) is 48.2 Å². The van der Waals surface area contributed by atoms with Crippen molar-refractivity contribution in [1.29, 1.82) is 0 Å². The van der Waals surface area contributed by atoms with E-state index in [4.69, 9.17) is 0 Å². The molecular weight excluding hydrogens is 442 g/mol. The van der Waals surface area contributed by atoms with Gasteiger partial charge in [0.25, 0.3) is 11.5 Å². The van der Waals surface area contributed by atoms with E-state index in [9.17, 15) is 14.4 Å². The number of fused-ring (bicyclic) bond motifs is 1. The predicted octanol–water partition coefficient (Wildman–Crippen LogP) is 2.72. The minimum absolute atomic E-state index is 0.0440. The van der Waals surface area contributed by atoms with Crippen LogP contribution in [0.25, 0.3) is 10.9 Å². The molecule has 1 aliphatic rings. The molecule has 1 unspecified atom stereocenters. The largest absolute Gasteiger partial charge is 0.340 e. The number of piperazine rings is 1. The number of nitrogens with one attached hydrogen (secondary N) is 2. The second-order valence-corrected chi connectivity index (χ2v) is 9.60. The molecule has 1 saturated heterocycles. The third-order valence-electron chi connectivity index (χ3n) is 6.42. The Morgan fingerprint density at radius 1 is 1.03 bits per heavy atom. The zero-order valence-corrected chi connectivity index (χ0v) is 20.6. The lowest BCUT2D eigenvalue weighted by molar-refractivity contribution is -0.135. The molecule has 2 heterocycles. The van der Waals surface area contributed by atoms with Gasteiger partial charge in [0, 0.05) is 31.7 Å². The number of aromatic amines is 1. The van der Waals surface area contributed by atoms with Crippen molar-refractivity contribution in [3.63, 3.8) is 0 Å². The van der Waals surface area contributed by atoms with Crippen molar-refractivity contribution >= 4 is 22.7 Å². The van der Waals surface area contributed by atoms with Crippen LogP contribution in [-0.4, -0.2) is 63.8 Å². The first-order valence-corrected chi connectivity index (χ1v) is 12.2. The number of aromatic nitrogens is 2. The van der Waals surface area contributed by atoms with E-state index in [-0.39, 0.29) is 23.3 Å². The standard InChI is InChI=1S/C27H33N5O3/c1-18(2)16-23(29-25(33)20-9-5-4-8-19(20)3)27(35)32-14-12-31(13-15-32)17-24-28-22-11-7-6-10-21(22)26(34)30-24/h4-11,18,23H,12-17H2,1-3H3,(H,29,33)(H,28,30,34). The molecule has 1 fully saturated rings. The minimum Gasteiger partial charge on any atom is -0.340 e. The molecule has 2 aromatic carbocycles. The molecular formula is C27H33N5O3. The maximum Gasteiger partial charge on any atom is 0.258 e. The number of hydrogen-bond donors (Lipinski definition) is 2. The number of nitrogens with zero attached hydrogens (tertiary/aromatic N) is 3. The number of aryl methyl sites for hydroxylation is 1. The van der Waals surface area contributed by atoms with Gasteiger partial charge in [-0.05, 0) is 43.0 Å². The Morgan fingerprint density at radius 2 is 1.71 bits per heavy atom. The van der Waals surface area contributed by atoms with E-state index in [0.717, 1.165) is 5.56 Å². The van der Waals surface area contributed by atoms with Gasteiger partial charge in [-0.2, -0.15) is 0 Å². The highest BCUT2D eigenvalue weighted by molar-refractivity contribution is 5.98. The normalized spacial score (nSPS) is 15.4. The summed E-state index contributed by atoms with van der Waals surface area (Å²) >= 11 is 0. The van der Waals surface area contributed by atoms with E-state index in [2.05, 4.69) is 34.0 Å². The minimum atomic E-state index is -0.563. The van der Waals surface area contributed by atoms with Crippen molar-refractivity contribution in [1.82, 2.24) is 25.1 Å². The SMILES string of the molecule is Cc1ccccc1C(=O)NC(CC(C)C)C(=O)N1CCN(Cc2nc3ccccc3c(=O)[nH]2)CC1. The maximum atomic E-state index is 13.4. The fraction of sp³-hybridized carbons (Fsp3) is 0.407. The van der Waals surface area contributed by atoms with Crippen molar-refractivity contribution in [2.75, 3.05) is 26.2 Å². The molecule has 8 nitrogen and oxygen atoms in total. The van der Waals surface area contributed by atoms with Gasteiger partial charge in [0.05, 0.1) is 17.4 Å². The van der Waals surface area contributed by atoms with E-state index in [0.29, 0.717) is 61.4 Å². The van der Waals surface area contributed by atoms with Crippen LogP contribution in [0.5, 0.6) is 0 Å². The Balaban J connectivity index is 1.38. The van der Waals surface area contributed by atoms with Gasteiger partial charge in [0.15, 0.2) is 0 Å². The van der Waals surface area contributed by atoms with Gasteiger partial charge in [0.2, 0.25) is 5.91 Å². The van der Waals surface area contributed by atoms with Crippen LogP contribution in [0.15, 0.2) is 53.3 Å². The van der Waals surface area contributed by atoms with Crippen LogP contribution in [0.2, 0.25) is 0 Å². The molecule has 1 aromatic heterocycles. The second kappa shape index (κ2) is 10.8. The molecule has 2 N–H and O–H groups in total. The zero-order valence-electron chi connectivity index (χ0n) is 20.6. The van der Waals surface area contributed by atoms with Crippen molar-refractivity contribution in [2.45, 2.75) is 39.8 Å². The molecule has 0 bridgehead atoms. The number of carbonyl (C=O) groups is 2. The van der Waals surface area contributed by atoms with Crippen molar-refractivity contribution in [3.05, 3.63) is 75.8 Å². The van der Waals surface area contributed by atoms with Crippen LogP contribution in [-0.2, 0) is 11.3 Å². The summed E-state index contributed by atoms with van der Waals surface area (Å²) in [6.45, 7) is 8.97. The van der Waals surface area contributed by atoms with Gasteiger partial charge in [-0.1, -0.05) is 44.2 Å². The number of H-pyrrole nitrogens is 1. The summed E-state index contributed by atoms with van der Waals surface area (Å²) in [6.07, 6.45) is 0.582. The van der Waals surface area contributed by atoms with E-state index >= 15 is 0 Å². The topological polar surface area (TPSA) is 98.4 Å². The lowest BCUT2D eigenvalue weighted by Crippen LogP contribution is -2.55. The molecule has 184 valence electrons. The maximum absolute atomic E-state index is 13.4. The molecule has 0 radical (unpaired) electrons. The van der Waals surface area contributed by atoms with Crippen LogP contribution >= 0.6 is 0 Å². The molecule has 0 spiro atoms. The number of para-hydroxylation sites is 1. The van der Waals surface area contributed by atoms with Gasteiger partial charge in [0.1, 0.15) is 11.9 Å². The van der Waals surface area contributed by atoms with Crippen molar-refractivity contribution in [3.8, 4) is 0 Å². The number of amides is 2. The van der Waals surface area contributed by atoms with Gasteiger partial charge in [-0.25, -0.2) is 4.98 Å². The summed E-state index contributed by atoms with van der Waals surface area (Å²) in [4.78, 5) is 50.1. The van der Waals surface area contributed by atoms with Gasteiger partial charge in [-0.3, -0.25) is 19.3 Å². The molecule has 1 atom stereocenters. The number of hydrogen-bond acceptors (Lipinski definition) is 5. The first-order valence-electron chi connectivity index (χ1n) is 12.2. The third kappa shape index (κ3) is 5.95. The lowest BCUT2D eigenvalue weighted by atomic mass is 10.0. The Kier molecular flexibility index (Phi) is 7.60. The van der Waals surface area contributed by atoms with Crippen molar-refractivity contribution in [2.24, 2.45) is 5.92 Å². The fourth-order valence-corrected chi connectivity index (χ4v) is 4.52. The van der Waals surface area contributed by atoms with Crippen LogP contribution in [0.3, 0.4) is 0 Å². The Bertz CT molecular complexity index is 1260. The number of benzene rings is 2. The molecule has 3 aromatic rings. The summed E-state index contributed by atoms with van der Waals surface area (Å²) in [5.74, 6) is 0.624. The fourth-order valence-electron chi connectivity index (χ4n) is 4.52. The summed E-state index contributed by atoms with van der Waals surface area (Å²) in [6, 6.07) is 14.1. The third-order valence-corrected chi connectivity index (χ3v) is 6.42. The van der Waals surface area contributed by atoms with Crippen LogP contribution in [0.4, 0.5) is 0 Å². The van der Waals surface area contributed by atoms with Gasteiger partial charge in [-0.15, -0.1) is 0 Å². The first-order chi connectivity index (χ1) is 16.8. The molecule has 2 amide bonds. The molecule has 0 saturated carbocycles. The molecule has 8 heteroatoms.